The number of furan rings is 1. The largest absolute Gasteiger partial charge is 0.456 e. The Bertz CT molecular complexity index is 4590. The van der Waals surface area contributed by atoms with E-state index in [1.807, 2.05) is 0 Å². The smallest absolute Gasteiger partial charge is 0.136 e. The van der Waals surface area contributed by atoms with Crippen LogP contribution in [0.15, 0.2) is 283 Å². The lowest BCUT2D eigenvalue weighted by molar-refractivity contribution is 0.667. The number of rotatable bonds is 7. The maximum atomic E-state index is 6.93. The molecule has 16 rings (SSSR count). The predicted octanol–water partition coefficient (Wildman–Crippen LogP) is 20.3. The van der Waals surface area contributed by atoms with Crippen LogP contribution in [-0.4, -0.2) is 0 Å². The van der Waals surface area contributed by atoms with Crippen LogP contribution in [0.4, 0.5) is 17.1 Å². The molecule has 1 heterocycles. The Morgan fingerprint density at radius 2 is 0.885 bits per heavy atom. The van der Waals surface area contributed by atoms with Crippen LogP contribution < -0.4 is 4.90 Å². The average molecular weight is 994 g/mol. The van der Waals surface area contributed by atoms with Gasteiger partial charge >= 0.3 is 0 Å². The molecule has 0 N–H and O–H groups in total. The second-order valence-corrected chi connectivity index (χ2v) is 21.3. The maximum absolute atomic E-state index is 6.93. The van der Waals surface area contributed by atoms with Crippen LogP contribution in [0.5, 0.6) is 0 Å². The third-order valence-electron chi connectivity index (χ3n) is 17.4. The second-order valence-electron chi connectivity index (χ2n) is 21.3. The molecule has 0 radical (unpaired) electrons. The van der Waals surface area contributed by atoms with Gasteiger partial charge in [-0.2, -0.15) is 0 Å². The lowest BCUT2D eigenvalue weighted by Crippen LogP contribution is -2.28. The Morgan fingerprint density at radius 3 is 1.56 bits per heavy atom. The van der Waals surface area contributed by atoms with E-state index < -0.39 is 5.41 Å². The summed E-state index contributed by atoms with van der Waals surface area (Å²) in [6.07, 6.45) is 1.85. The van der Waals surface area contributed by atoms with Gasteiger partial charge in [-0.15, -0.1) is 0 Å². The summed E-state index contributed by atoms with van der Waals surface area (Å²) in [6, 6.07) is 104. The molecule has 78 heavy (non-hydrogen) atoms. The Labute approximate surface area is 453 Å². The first-order valence-corrected chi connectivity index (χ1v) is 27.4. The molecular formula is C76H51NO. The Hall–Kier alpha value is -9.76. The molecule has 2 heteroatoms. The molecule has 1 aromatic heterocycles. The monoisotopic (exact) mass is 993 g/mol. The summed E-state index contributed by atoms with van der Waals surface area (Å²) in [7, 11) is 0. The van der Waals surface area contributed by atoms with Crippen molar-refractivity contribution >= 4 is 71.3 Å². The van der Waals surface area contributed by atoms with Gasteiger partial charge in [-0.25, -0.2) is 0 Å². The SMILES string of the molecule is c1ccc(C2CCc3cc4oc5ccccc5c4c(-c4ccc5c6ccccc6c6ccccc6c5c4)c3-c3cc(N(c4ccccc4)c4ccc(C5(c6ccccc6)c6ccccc6-c6ccccc65)cc4)ccc32)cc1. The summed E-state index contributed by atoms with van der Waals surface area (Å²) < 4.78 is 6.93. The normalized spacial score (nSPS) is 14.3. The van der Waals surface area contributed by atoms with Gasteiger partial charge in [0.1, 0.15) is 11.2 Å². The van der Waals surface area contributed by atoms with Crippen LogP contribution in [-0.2, 0) is 11.8 Å². The van der Waals surface area contributed by atoms with E-state index in [1.54, 1.807) is 0 Å². The van der Waals surface area contributed by atoms with E-state index in [0.717, 1.165) is 51.8 Å². The molecule has 0 amide bonds. The van der Waals surface area contributed by atoms with E-state index in [-0.39, 0.29) is 5.92 Å². The minimum atomic E-state index is -0.494. The fourth-order valence-electron chi connectivity index (χ4n) is 14.1. The fourth-order valence-corrected chi connectivity index (χ4v) is 14.1. The van der Waals surface area contributed by atoms with E-state index in [0.29, 0.717) is 0 Å². The standard InChI is InChI=1S/C76H51NO/c1-4-20-49(21-5-1)57-43-36-51-47-72-75(66-32-16-19-35-71(66)78-72)74(50-37-44-63-60-28-11-10-26-58(60)59-27-12-13-29-61(59)67(63)46-50)73(51)68-48-56(42-45-62(57)68)77(54-24-8-3-9-25-54)55-40-38-53(39-41-55)76(52-22-6-2-7-23-52)69-33-17-14-30-64(69)65-31-15-18-34-70(65)76/h1-35,37-42,44-48,57H,36,43H2. The van der Waals surface area contributed by atoms with Gasteiger partial charge in [0.15, 0.2) is 0 Å². The molecule has 13 aromatic carbocycles. The molecule has 2 aliphatic carbocycles. The number of anilines is 3. The van der Waals surface area contributed by atoms with Gasteiger partial charge in [-0.3, -0.25) is 0 Å². The average Bonchev–Trinajstić information content (AvgIpc) is 4.12. The minimum Gasteiger partial charge on any atom is -0.456 e. The number of nitrogens with zero attached hydrogens (tertiary/aromatic N) is 1. The molecule has 366 valence electrons. The zero-order chi connectivity index (χ0) is 51.3. The number of hydrogen-bond acceptors (Lipinski definition) is 2. The van der Waals surface area contributed by atoms with Crippen LogP contribution >= 0.6 is 0 Å². The number of para-hydroxylation sites is 2. The molecule has 0 saturated carbocycles. The van der Waals surface area contributed by atoms with E-state index in [2.05, 4.69) is 284 Å². The van der Waals surface area contributed by atoms with E-state index >= 15 is 0 Å². The highest BCUT2D eigenvalue weighted by molar-refractivity contribution is 6.26. The summed E-state index contributed by atoms with van der Waals surface area (Å²) in [4.78, 5) is 2.45. The van der Waals surface area contributed by atoms with Gasteiger partial charge in [0.05, 0.1) is 5.41 Å². The van der Waals surface area contributed by atoms with Crippen molar-refractivity contribution in [2.45, 2.75) is 24.2 Å². The quantitative estimate of drug-likeness (QED) is 0.148. The van der Waals surface area contributed by atoms with Gasteiger partial charge in [-0.05, 0) is 167 Å². The van der Waals surface area contributed by atoms with Gasteiger partial charge in [0, 0.05) is 39.3 Å². The molecule has 0 aliphatic heterocycles. The maximum Gasteiger partial charge on any atom is 0.136 e. The molecule has 2 aliphatic rings. The number of aryl methyl sites for hydroxylation is 1. The first kappa shape index (κ1) is 44.5. The van der Waals surface area contributed by atoms with Gasteiger partial charge in [-0.1, -0.05) is 224 Å². The molecule has 2 nitrogen and oxygen atoms in total. The van der Waals surface area contributed by atoms with Crippen molar-refractivity contribution in [3.63, 3.8) is 0 Å². The van der Waals surface area contributed by atoms with Gasteiger partial charge in [0.25, 0.3) is 0 Å². The Balaban J connectivity index is 0.949. The van der Waals surface area contributed by atoms with Gasteiger partial charge in [0.2, 0.25) is 0 Å². The molecule has 14 aromatic rings. The van der Waals surface area contributed by atoms with Crippen molar-refractivity contribution in [1.29, 1.82) is 0 Å². The highest BCUT2D eigenvalue weighted by atomic mass is 16.3. The van der Waals surface area contributed by atoms with E-state index in [9.17, 15) is 0 Å². The summed E-state index contributed by atoms with van der Waals surface area (Å²) in [6.45, 7) is 0. The second kappa shape index (κ2) is 17.7. The number of fused-ring (bicyclic) bond motifs is 15. The van der Waals surface area contributed by atoms with Crippen LogP contribution in [0, 0.1) is 0 Å². The predicted molar refractivity (Wildman–Crippen MR) is 326 cm³/mol. The molecular weight excluding hydrogens is 943 g/mol. The first-order chi connectivity index (χ1) is 38.7. The van der Waals surface area contributed by atoms with Crippen molar-refractivity contribution in [2.75, 3.05) is 4.90 Å². The van der Waals surface area contributed by atoms with Crippen LogP contribution in [0.1, 0.15) is 51.3 Å². The van der Waals surface area contributed by atoms with Crippen molar-refractivity contribution in [3.8, 4) is 33.4 Å². The molecule has 0 bridgehead atoms. The Morgan fingerprint density at radius 1 is 0.359 bits per heavy atom. The number of benzene rings is 13. The fraction of sp³-hybridized carbons (Fsp3) is 0.0526. The zero-order valence-electron chi connectivity index (χ0n) is 42.9. The molecule has 1 atom stereocenters. The van der Waals surface area contributed by atoms with Crippen molar-refractivity contribution in [3.05, 3.63) is 318 Å². The van der Waals surface area contributed by atoms with Crippen LogP contribution in [0.2, 0.25) is 0 Å². The van der Waals surface area contributed by atoms with Crippen molar-refractivity contribution < 1.29 is 4.42 Å². The lowest BCUT2D eigenvalue weighted by Gasteiger charge is -2.34. The topological polar surface area (TPSA) is 16.4 Å². The highest BCUT2D eigenvalue weighted by Gasteiger charge is 2.46. The molecule has 0 saturated heterocycles. The molecule has 1 unspecified atom stereocenters. The summed E-state index contributed by atoms with van der Waals surface area (Å²) >= 11 is 0. The number of hydrogen-bond donors (Lipinski definition) is 0. The van der Waals surface area contributed by atoms with Crippen LogP contribution in [0.25, 0.3) is 87.6 Å². The Kier molecular flexibility index (Phi) is 10.1. The third kappa shape index (κ3) is 6.63. The van der Waals surface area contributed by atoms with Crippen molar-refractivity contribution in [2.24, 2.45) is 0 Å². The van der Waals surface area contributed by atoms with Crippen molar-refractivity contribution in [1.82, 2.24) is 0 Å². The molecule has 0 fully saturated rings. The van der Waals surface area contributed by atoms with E-state index in [1.165, 1.54) is 105 Å². The summed E-state index contributed by atoms with van der Waals surface area (Å²) in [5.74, 6) is 0.168. The van der Waals surface area contributed by atoms with Crippen LogP contribution in [0.3, 0.4) is 0 Å². The summed E-state index contributed by atoms with van der Waals surface area (Å²) in [5.41, 5.74) is 21.2. The lowest BCUT2D eigenvalue weighted by atomic mass is 9.68. The first-order valence-electron chi connectivity index (χ1n) is 27.4. The molecule has 0 spiro atoms. The third-order valence-corrected chi connectivity index (χ3v) is 17.4. The highest BCUT2D eigenvalue weighted by Crippen LogP contribution is 2.57. The van der Waals surface area contributed by atoms with Gasteiger partial charge < -0.3 is 9.32 Å². The zero-order valence-corrected chi connectivity index (χ0v) is 42.9. The minimum absolute atomic E-state index is 0.168. The van der Waals surface area contributed by atoms with E-state index in [4.69, 9.17) is 4.42 Å². The summed E-state index contributed by atoms with van der Waals surface area (Å²) in [5, 5.41) is 9.87.